The third-order valence-electron chi connectivity index (χ3n) is 4.64. The Bertz CT molecular complexity index is 493. The number of carbonyl (C=O) groups is 1. The van der Waals surface area contributed by atoms with Gasteiger partial charge in [0.1, 0.15) is 0 Å². The van der Waals surface area contributed by atoms with Gasteiger partial charge in [-0.1, -0.05) is 36.2 Å². The molecule has 1 saturated carbocycles. The largest absolute Gasteiger partial charge is 0.391 e. The van der Waals surface area contributed by atoms with Gasteiger partial charge in [-0.25, -0.2) is 0 Å². The van der Waals surface area contributed by atoms with Crippen LogP contribution in [0.3, 0.4) is 0 Å². The minimum Gasteiger partial charge on any atom is -0.391 e. The maximum Gasteiger partial charge on any atom is 0.233 e. The van der Waals surface area contributed by atoms with Gasteiger partial charge < -0.3 is 10.0 Å². The van der Waals surface area contributed by atoms with E-state index in [0.717, 1.165) is 31.2 Å². The van der Waals surface area contributed by atoms with E-state index in [-0.39, 0.29) is 17.4 Å². The molecule has 3 heteroatoms. The van der Waals surface area contributed by atoms with Crippen molar-refractivity contribution in [3.8, 4) is 0 Å². The van der Waals surface area contributed by atoms with E-state index in [9.17, 15) is 9.90 Å². The summed E-state index contributed by atoms with van der Waals surface area (Å²) in [5.74, 6) is 0.223. The lowest BCUT2D eigenvalue weighted by molar-refractivity contribution is -0.140. The number of β-amino-alcohol motifs (C(OH)–C–C–N with tert-alkyl or cyclic N) is 1. The number of nitrogens with zero attached hydrogens (tertiary/aromatic N) is 1. The lowest BCUT2D eigenvalue weighted by Crippen LogP contribution is -2.50. The molecule has 3 rings (SSSR count). The highest BCUT2D eigenvalue weighted by Gasteiger charge is 2.48. The molecule has 1 heterocycles. The van der Waals surface area contributed by atoms with Crippen LogP contribution in [-0.4, -0.2) is 35.1 Å². The highest BCUT2D eigenvalue weighted by molar-refractivity contribution is 5.89. The van der Waals surface area contributed by atoms with Crippen molar-refractivity contribution in [3.63, 3.8) is 0 Å². The van der Waals surface area contributed by atoms with E-state index in [4.69, 9.17) is 0 Å². The fraction of sp³-hybridized carbons (Fsp3) is 0.562. The zero-order valence-corrected chi connectivity index (χ0v) is 11.4. The van der Waals surface area contributed by atoms with E-state index in [1.165, 1.54) is 5.56 Å². The lowest BCUT2D eigenvalue weighted by atomic mass is 9.63. The van der Waals surface area contributed by atoms with Gasteiger partial charge in [-0.3, -0.25) is 4.79 Å². The van der Waals surface area contributed by atoms with Crippen LogP contribution in [0.4, 0.5) is 0 Å². The zero-order valence-electron chi connectivity index (χ0n) is 11.4. The minimum absolute atomic E-state index is 0.223. The van der Waals surface area contributed by atoms with E-state index in [2.05, 4.69) is 25.1 Å². The first-order valence-corrected chi connectivity index (χ1v) is 7.16. The second-order valence-corrected chi connectivity index (χ2v) is 6.00. The average molecular weight is 259 g/mol. The normalized spacial score (nSPS) is 25.2. The number of aliphatic hydroxyl groups is 1. The fourth-order valence-electron chi connectivity index (χ4n) is 3.33. The molecule has 2 aliphatic rings. The van der Waals surface area contributed by atoms with Gasteiger partial charge in [-0.05, 0) is 31.7 Å². The van der Waals surface area contributed by atoms with E-state index in [0.29, 0.717) is 13.1 Å². The molecule has 0 aromatic heterocycles. The molecule has 1 aliphatic carbocycles. The van der Waals surface area contributed by atoms with Crippen LogP contribution in [0.15, 0.2) is 24.3 Å². The number of benzene rings is 1. The summed E-state index contributed by atoms with van der Waals surface area (Å²) < 4.78 is 0. The molecule has 1 N–H and O–H groups in total. The van der Waals surface area contributed by atoms with E-state index >= 15 is 0 Å². The Morgan fingerprint density at radius 3 is 2.74 bits per heavy atom. The Kier molecular flexibility index (Phi) is 3.09. The van der Waals surface area contributed by atoms with E-state index in [1.807, 2.05) is 11.0 Å². The number of carbonyl (C=O) groups excluding carboxylic acids is 1. The molecule has 0 spiro atoms. The number of aliphatic hydroxyl groups excluding tert-OH is 1. The molecule has 1 aliphatic heterocycles. The van der Waals surface area contributed by atoms with Crippen LogP contribution in [0.5, 0.6) is 0 Å². The third kappa shape index (κ3) is 2.06. The van der Waals surface area contributed by atoms with Crippen molar-refractivity contribution in [1.29, 1.82) is 0 Å². The second-order valence-electron chi connectivity index (χ2n) is 6.00. The first kappa shape index (κ1) is 12.7. The summed E-state index contributed by atoms with van der Waals surface area (Å²) in [6, 6.07) is 8.33. The van der Waals surface area contributed by atoms with Crippen LogP contribution >= 0.6 is 0 Å². The number of hydrogen-bond donors (Lipinski definition) is 1. The van der Waals surface area contributed by atoms with E-state index in [1.54, 1.807) is 0 Å². The SMILES string of the molecule is Cc1cccc(C2(C(=O)N3CCC(O)C3)CCC2)c1. The van der Waals surface area contributed by atoms with Gasteiger partial charge >= 0.3 is 0 Å². The van der Waals surface area contributed by atoms with Gasteiger partial charge in [0.2, 0.25) is 5.91 Å². The quantitative estimate of drug-likeness (QED) is 0.882. The van der Waals surface area contributed by atoms with Crippen LogP contribution in [0.2, 0.25) is 0 Å². The minimum atomic E-state index is -0.335. The molecule has 1 aromatic rings. The van der Waals surface area contributed by atoms with Gasteiger partial charge in [-0.15, -0.1) is 0 Å². The number of likely N-dealkylation sites (tertiary alicyclic amines) is 1. The van der Waals surface area contributed by atoms with Crippen molar-refractivity contribution in [2.45, 2.75) is 44.1 Å². The third-order valence-corrected chi connectivity index (χ3v) is 4.64. The first-order valence-electron chi connectivity index (χ1n) is 7.16. The molecule has 1 amide bonds. The predicted octanol–water partition coefficient (Wildman–Crippen LogP) is 2.01. The van der Waals surface area contributed by atoms with Crippen LogP contribution in [-0.2, 0) is 10.2 Å². The summed E-state index contributed by atoms with van der Waals surface area (Å²) in [5, 5.41) is 9.63. The van der Waals surface area contributed by atoms with Crippen molar-refractivity contribution in [3.05, 3.63) is 35.4 Å². The van der Waals surface area contributed by atoms with Crippen molar-refractivity contribution < 1.29 is 9.90 Å². The molecule has 1 unspecified atom stereocenters. The zero-order chi connectivity index (χ0) is 13.5. The predicted molar refractivity (Wildman–Crippen MR) is 73.9 cm³/mol. The van der Waals surface area contributed by atoms with Crippen LogP contribution in [0.1, 0.15) is 36.8 Å². The molecular weight excluding hydrogens is 238 g/mol. The Hall–Kier alpha value is -1.35. The van der Waals surface area contributed by atoms with Gasteiger partial charge in [0.05, 0.1) is 11.5 Å². The second kappa shape index (κ2) is 4.64. The summed E-state index contributed by atoms with van der Waals surface area (Å²) in [6.07, 6.45) is 3.40. The smallest absolute Gasteiger partial charge is 0.233 e. The molecule has 0 radical (unpaired) electrons. The van der Waals surface area contributed by atoms with Gasteiger partial charge in [-0.2, -0.15) is 0 Å². The Labute approximate surface area is 114 Å². The molecule has 102 valence electrons. The van der Waals surface area contributed by atoms with Crippen LogP contribution < -0.4 is 0 Å². The highest BCUT2D eigenvalue weighted by atomic mass is 16.3. The van der Waals surface area contributed by atoms with Crippen molar-refractivity contribution in [1.82, 2.24) is 4.90 Å². The molecular formula is C16H21NO2. The van der Waals surface area contributed by atoms with Crippen LogP contribution in [0.25, 0.3) is 0 Å². The summed E-state index contributed by atoms with van der Waals surface area (Å²) in [6.45, 7) is 3.28. The average Bonchev–Trinajstić information content (AvgIpc) is 2.74. The van der Waals surface area contributed by atoms with E-state index < -0.39 is 0 Å². The maximum absolute atomic E-state index is 12.8. The number of amides is 1. The molecule has 2 fully saturated rings. The maximum atomic E-state index is 12.8. The van der Waals surface area contributed by atoms with Gasteiger partial charge in [0.15, 0.2) is 0 Å². The summed E-state index contributed by atoms with van der Waals surface area (Å²) in [5.41, 5.74) is 2.05. The summed E-state index contributed by atoms with van der Waals surface area (Å²) >= 11 is 0. The number of rotatable bonds is 2. The summed E-state index contributed by atoms with van der Waals surface area (Å²) in [7, 11) is 0. The first-order chi connectivity index (χ1) is 9.12. The monoisotopic (exact) mass is 259 g/mol. The lowest BCUT2D eigenvalue weighted by Gasteiger charge is -2.43. The van der Waals surface area contributed by atoms with Crippen molar-refractivity contribution >= 4 is 5.91 Å². The Morgan fingerprint density at radius 2 is 2.21 bits per heavy atom. The molecule has 3 nitrogen and oxygen atoms in total. The van der Waals surface area contributed by atoms with Gasteiger partial charge in [0, 0.05) is 13.1 Å². The topological polar surface area (TPSA) is 40.5 Å². The van der Waals surface area contributed by atoms with Crippen LogP contribution in [0, 0.1) is 6.92 Å². The van der Waals surface area contributed by atoms with Gasteiger partial charge in [0.25, 0.3) is 0 Å². The summed E-state index contributed by atoms with van der Waals surface area (Å²) in [4.78, 5) is 14.7. The Balaban J connectivity index is 1.89. The molecule has 0 bridgehead atoms. The van der Waals surface area contributed by atoms with Crippen molar-refractivity contribution in [2.75, 3.05) is 13.1 Å². The Morgan fingerprint density at radius 1 is 1.42 bits per heavy atom. The molecule has 19 heavy (non-hydrogen) atoms. The number of aryl methyl sites for hydroxylation is 1. The fourth-order valence-corrected chi connectivity index (χ4v) is 3.33. The highest BCUT2D eigenvalue weighted by Crippen LogP contribution is 2.45. The molecule has 1 atom stereocenters. The standard InChI is InChI=1S/C16H21NO2/c1-12-4-2-5-13(10-12)16(7-3-8-16)15(19)17-9-6-14(18)11-17/h2,4-5,10,14,18H,3,6-9,11H2,1H3. The molecule has 1 aromatic carbocycles. The van der Waals surface area contributed by atoms with Crippen molar-refractivity contribution in [2.24, 2.45) is 0 Å². The number of hydrogen-bond acceptors (Lipinski definition) is 2. The molecule has 1 saturated heterocycles.